The maximum atomic E-state index is 10.5. The van der Waals surface area contributed by atoms with E-state index in [4.69, 9.17) is 22.7 Å². The molecule has 3 heterocycles. The third-order valence-electron chi connectivity index (χ3n) is 3.47. The van der Waals surface area contributed by atoms with Crippen LogP contribution in [0.4, 0.5) is 5.95 Å². The minimum Gasteiger partial charge on any atom is -0.790 e. The van der Waals surface area contributed by atoms with Crippen LogP contribution in [0.2, 0.25) is 0 Å². The number of nitrogens with two attached hydrogens (primary N) is 1. The second-order valence-corrected chi connectivity index (χ2v) is 6.60. The van der Waals surface area contributed by atoms with Gasteiger partial charge in [-0.3, -0.25) is 4.57 Å². The van der Waals surface area contributed by atoms with E-state index in [9.17, 15) is 24.6 Å². The van der Waals surface area contributed by atoms with Crippen molar-refractivity contribution in [2.75, 3.05) is 12.3 Å². The number of aromatic amines is 1. The van der Waals surface area contributed by atoms with E-state index >= 15 is 0 Å². The standard InChI is InChI=1S/C10H14N5O7PS.2Na/c11-10-13-7-4(8(24)14-10)12-2-15(7)9-6(17)5(16)3(22-9)1-21-23(18,19)20;;/h2-3,5-6,9,16-17H,1H2,(H2,18,19,20)(H3,11,13,14,24);;/q;2*+1/p-2. The van der Waals surface area contributed by atoms with Gasteiger partial charge in [-0.05, 0) is 0 Å². The molecule has 16 heteroatoms. The number of aliphatic hydroxyl groups excluding tert-OH is 2. The zero-order chi connectivity index (χ0) is 17.6. The molecule has 5 N–H and O–H groups in total. The van der Waals surface area contributed by atoms with Crippen molar-refractivity contribution in [3.8, 4) is 0 Å². The molecule has 0 amide bonds. The summed E-state index contributed by atoms with van der Waals surface area (Å²) in [6, 6.07) is 0. The van der Waals surface area contributed by atoms with Gasteiger partial charge < -0.3 is 44.5 Å². The Labute approximate surface area is 195 Å². The van der Waals surface area contributed by atoms with Crippen LogP contribution in [-0.2, 0) is 13.8 Å². The Kier molecular flexibility index (Phi) is 8.87. The summed E-state index contributed by atoms with van der Waals surface area (Å²) in [6.45, 7) is -0.731. The van der Waals surface area contributed by atoms with Crippen LogP contribution in [0, 0.1) is 4.64 Å². The molecular formula is C10H12N5Na2O7PS. The maximum Gasteiger partial charge on any atom is 1.00 e. The molecule has 0 radical (unpaired) electrons. The van der Waals surface area contributed by atoms with Crippen molar-refractivity contribution in [1.29, 1.82) is 0 Å². The van der Waals surface area contributed by atoms with Crippen LogP contribution in [0.3, 0.4) is 0 Å². The van der Waals surface area contributed by atoms with Crippen LogP contribution < -0.4 is 74.6 Å². The molecule has 0 aromatic carbocycles. The number of H-pyrrole nitrogens is 1. The maximum absolute atomic E-state index is 10.5. The van der Waals surface area contributed by atoms with Crippen LogP contribution in [-0.4, -0.2) is 54.7 Å². The van der Waals surface area contributed by atoms with Crippen molar-refractivity contribution in [2.24, 2.45) is 0 Å². The monoisotopic (exact) mass is 423 g/mol. The molecule has 3 rings (SSSR count). The summed E-state index contributed by atoms with van der Waals surface area (Å²) < 4.78 is 21.5. The quantitative estimate of drug-likeness (QED) is 0.207. The molecule has 12 nitrogen and oxygen atoms in total. The second kappa shape index (κ2) is 9.37. The van der Waals surface area contributed by atoms with Gasteiger partial charge in [0, 0.05) is 0 Å². The number of imidazole rings is 1. The molecule has 4 atom stereocenters. The number of hydrogen-bond acceptors (Lipinski definition) is 11. The van der Waals surface area contributed by atoms with E-state index in [1.807, 2.05) is 0 Å². The van der Waals surface area contributed by atoms with Crippen LogP contribution in [0.25, 0.3) is 11.2 Å². The number of nitrogen functional groups attached to an aromatic ring is 1. The molecule has 0 bridgehead atoms. The number of aromatic nitrogens is 4. The van der Waals surface area contributed by atoms with Crippen molar-refractivity contribution < 1.29 is 92.9 Å². The molecule has 2 aromatic heterocycles. The third-order valence-corrected chi connectivity index (χ3v) is 4.22. The summed E-state index contributed by atoms with van der Waals surface area (Å²) >= 11 is 5.03. The number of aliphatic hydroxyl groups is 2. The SMILES string of the molecule is Nc1nc(=S)c2ncn(C3OC(COP(=O)([O-])[O-])C(O)C3O)c2[nH]1.[Na+].[Na+]. The predicted octanol–water partition coefficient (Wildman–Crippen LogP) is -8.46. The van der Waals surface area contributed by atoms with E-state index in [0.29, 0.717) is 11.2 Å². The fourth-order valence-electron chi connectivity index (χ4n) is 2.41. The molecule has 0 spiro atoms. The Balaban J connectivity index is 0.00000169. The molecule has 26 heavy (non-hydrogen) atoms. The number of ether oxygens (including phenoxy) is 1. The normalized spacial score (nSPS) is 25.7. The van der Waals surface area contributed by atoms with Gasteiger partial charge in [-0.1, -0.05) is 12.2 Å². The molecule has 1 aliphatic heterocycles. The van der Waals surface area contributed by atoms with E-state index in [0.717, 1.165) is 0 Å². The predicted molar refractivity (Wildman–Crippen MR) is 76.6 cm³/mol. The van der Waals surface area contributed by atoms with Crippen molar-refractivity contribution >= 4 is 37.2 Å². The van der Waals surface area contributed by atoms with Gasteiger partial charge in [0.1, 0.15) is 29.5 Å². The minimum absolute atomic E-state index is 0. The fraction of sp³-hybridized carbons (Fsp3) is 0.500. The number of nitrogens with zero attached hydrogens (tertiary/aromatic N) is 3. The molecule has 1 saturated heterocycles. The fourth-order valence-corrected chi connectivity index (χ4v) is 2.98. The van der Waals surface area contributed by atoms with Gasteiger partial charge in [0.15, 0.2) is 16.8 Å². The Morgan fingerprint density at radius 2 is 2.08 bits per heavy atom. The zero-order valence-corrected chi connectivity index (χ0v) is 19.5. The number of fused-ring (bicyclic) bond motifs is 1. The van der Waals surface area contributed by atoms with E-state index in [1.165, 1.54) is 10.9 Å². The number of rotatable bonds is 4. The van der Waals surface area contributed by atoms with Crippen LogP contribution >= 0.6 is 20.0 Å². The molecule has 132 valence electrons. The summed E-state index contributed by atoms with van der Waals surface area (Å²) in [4.78, 5) is 31.7. The summed E-state index contributed by atoms with van der Waals surface area (Å²) in [7, 11) is -5.23. The Hall–Kier alpha value is 0.560. The van der Waals surface area contributed by atoms with Gasteiger partial charge in [-0.25, -0.2) is 9.97 Å². The summed E-state index contributed by atoms with van der Waals surface area (Å²) in [5.74, 6) is 0.0146. The number of hydrogen-bond donors (Lipinski definition) is 4. The largest absolute Gasteiger partial charge is 1.00 e. The van der Waals surface area contributed by atoms with Gasteiger partial charge in [0.2, 0.25) is 0 Å². The molecule has 2 aromatic rings. The zero-order valence-electron chi connectivity index (χ0n) is 13.8. The smallest absolute Gasteiger partial charge is 0.790 e. The molecular weight excluding hydrogens is 411 g/mol. The molecule has 1 fully saturated rings. The van der Waals surface area contributed by atoms with Crippen molar-refractivity contribution in [3.05, 3.63) is 11.0 Å². The molecule has 0 saturated carbocycles. The second-order valence-electron chi connectivity index (χ2n) is 5.07. The average molecular weight is 423 g/mol. The first-order valence-electron chi connectivity index (χ1n) is 6.58. The van der Waals surface area contributed by atoms with E-state index in [-0.39, 0.29) is 69.7 Å². The average Bonchev–Trinajstić information content (AvgIpc) is 3.00. The third kappa shape index (κ3) is 5.13. The first-order chi connectivity index (χ1) is 11.2. The van der Waals surface area contributed by atoms with Gasteiger partial charge >= 0.3 is 59.1 Å². The number of anilines is 1. The summed E-state index contributed by atoms with van der Waals surface area (Å²) in [6.07, 6.45) is -4.01. The summed E-state index contributed by atoms with van der Waals surface area (Å²) in [5.41, 5.74) is 6.18. The van der Waals surface area contributed by atoms with Crippen LogP contribution in [0.1, 0.15) is 6.23 Å². The van der Waals surface area contributed by atoms with Crippen molar-refractivity contribution in [3.63, 3.8) is 0 Å². The van der Waals surface area contributed by atoms with E-state index in [1.54, 1.807) is 0 Å². The van der Waals surface area contributed by atoms with E-state index < -0.39 is 39.0 Å². The van der Waals surface area contributed by atoms with Crippen LogP contribution in [0.15, 0.2) is 6.33 Å². The summed E-state index contributed by atoms with van der Waals surface area (Å²) in [5, 5.41) is 20.1. The molecule has 0 aliphatic carbocycles. The van der Waals surface area contributed by atoms with Gasteiger partial charge in [0.05, 0.1) is 20.8 Å². The Morgan fingerprint density at radius 1 is 1.42 bits per heavy atom. The Bertz CT molecular complexity index is 875. The number of nitrogens with one attached hydrogen (secondary N) is 1. The van der Waals surface area contributed by atoms with Crippen molar-refractivity contribution in [1.82, 2.24) is 19.5 Å². The Morgan fingerprint density at radius 3 is 2.69 bits per heavy atom. The number of phosphoric ester groups is 1. The first kappa shape index (κ1) is 24.6. The topological polar surface area (TPSA) is 195 Å². The molecule has 4 unspecified atom stereocenters. The van der Waals surface area contributed by atoms with Gasteiger partial charge in [-0.2, -0.15) is 0 Å². The molecule has 1 aliphatic rings. The van der Waals surface area contributed by atoms with Gasteiger partial charge in [0.25, 0.3) is 0 Å². The van der Waals surface area contributed by atoms with Crippen LogP contribution in [0.5, 0.6) is 0 Å². The van der Waals surface area contributed by atoms with Gasteiger partial charge in [-0.15, -0.1) is 0 Å². The van der Waals surface area contributed by atoms with Crippen molar-refractivity contribution in [2.45, 2.75) is 24.5 Å². The number of phosphoric acid groups is 1. The first-order valence-corrected chi connectivity index (χ1v) is 8.45. The minimum atomic E-state index is -5.23. The van der Waals surface area contributed by atoms with E-state index in [2.05, 4.69) is 19.5 Å².